The highest BCUT2D eigenvalue weighted by Crippen LogP contribution is 2.41. The molecule has 0 saturated carbocycles. The summed E-state index contributed by atoms with van der Waals surface area (Å²) in [6.07, 6.45) is -2.56. The molecule has 2 aliphatic rings. The zero-order valence-electron chi connectivity index (χ0n) is 20.5. The third-order valence-corrected chi connectivity index (χ3v) is 6.66. The van der Waals surface area contributed by atoms with Gasteiger partial charge < -0.3 is 14.4 Å². The van der Waals surface area contributed by atoms with Crippen molar-refractivity contribution in [1.29, 1.82) is 0 Å². The van der Waals surface area contributed by atoms with Crippen molar-refractivity contribution in [3.63, 3.8) is 0 Å². The monoisotopic (exact) mass is 492 g/mol. The van der Waals surface area contributed by atoms with Crippen LogP contribution in [-0.2, 0) is 4.74 Å². The summed E-state index contributed by atoms with van der Waals surface area (Å²) in [4.78, 5) is 16.0. The maximum absolute atomic E-state index is 15.6. The number of fused-ring (bicyclic) bond motifs is 2. The van der Waals surface area contributed by atoms with Gasteiger partial charge in [-0.25, -0.2) is 18.0 Å². The smallest absolute Gasteiger partial charge is 0.410 e. The SMILES string of the molecule is COc1cc(C(F)F)ccc1-c1ccc(N(C)[C@H]2C[C@@H]3CC[C@@H]([C@H]2F)N3C(=O)OC(C)(C)C)nn1. The molecule has 190 valence electrons. The Balaban J connectivity index is 1.50. The van der Waals surface area contributed by atoms with Gasteiger partial charge in [0.2, 0.25) is 0 Å². The van der Waals surface area contributed by atoms with E-state index in [0.717, 1.165) is 6.42 Å². The molecule has 3 heterocycles. The average molecular weight is 493 g/mol. The Morgan fingerprint density at radius 3 is 2.51 bits per heavy atom. The summed E-state index contributed by atoms with van der Waals surface area (Å²) in [7, 11) is 3.17. The number of carbonyl (C=O) groups is 1. The molecule has 7 nitrogen and oxygen atoms in total. The van der Waals surface area contributed by atoms with Crippen molar-refractivity contribution in [2.24, 2.45) is 0 Å². The van der Waals surface area contributed by atoms with Crippen LogP contribution in [0.25, 0.3) is 11.3 Å². The van der Waals surface area contributed by atoms with Gasteiger partial charge in [0.15, 0.2) is 5.82 Å². The Bertz CT molecular complexity index is 1060. The van der Waals surface area contributed by atoms with Gasteiger partial charge in [-0.1, -0.05) is 6.07 Å². The van der Waals surface area contributed by atoms with Crippen molar-refractivity contribution < 1.29 is 27.4 Å². The third-order valence-electron chi connectivity index (χ3n) is 6.66. The number of piperidine rings is 1. The van der Waals surface area contributed by atoms with Crippen molar-refractivity contribution in [2.45, 2.75) is 76.4 Å². The lowest BCUT2D eigenvalue weighted by Crippen LogP contribution is -2.59. The first-order chi connectivity index (χ1) is 16.5. The van der Waals surface area contributed by atoms with E-state index < -0.39 is 36.4 Å². The molecule has 0 spiro atoms. The van der Waals surface area contributed by atoms with Crippen LogP contribution in [0.3, 0.4) is 0 Å². The maximum Gasteiger partial charge on any atom is 0.410 e. The topological polar surface area (TPSA) is 67.8 Å². The number of hydrogen-bond donors (Lipinski definition) is 0. The first kappa shape index (κ1) is 25.1. The van der Waals surface area contributed by atoms with Crippen molar-refractivity contribution in [3.05, 3.63) is 35.9 Å². The Labute approximate surface area is 203 Å². The molecule has 2 aliphatic heterocycles. The second kappa shape index (κ2) is 9.54. The molecule has 2 fully saturated rings. The van der Waals surface area contributed by atoms with E-state index in [0.29, 0.717) is 29.9 Å². The van der Waals surface area contributed by atoms with E-state index in [1.807, 2.05) is 0 Å². The molecule has 0 N–H and O–H groups in total. The summed E-state index contributed by atoms with van der Waals surface area (Å²) in [6, 6.07) is 6.45. The zero-order valence-corrected chi connectivity index (χ0v) is 20.5. The minimum atomic E-state index is -2.61. The Kier molecular flexibility index (Phi) is 6.83. The number of aromatic nitrogens is 2. The number of nitrogens with zero attached hydrogens (tertiary/aromatic N) is 4. The van der Waals surface area contributed by atoms with Crippen molar-refractivity contribution >= 4 is 11.9 Å². The van der Waals surface area contributed by atoms with Crippen LogP contribution in [0.2, 0.25) is 0 Å². The van der Waals surface area contributed by atoms with Gasteiger partial charge in [-0.05, 0) is 64.3 Å². The molecule has 4 atom stereocenters. The standard InChI is InChI=1S/C25H31F3N4O3/c1-25(2,3)35-24(33)32-15-7-10-18(32)22(26)19(13-15)31(4)21-11-9-17(29-30-21)16-8-6-14(23(27)28)12-20(16)34-5/h6,8-9,11-12,15,18-19,22-23H,7,10,13H2,1-5H3/t15-,18-,19-,22+/m0/s1. The lowest BCUT2D eigenvalue weighted by atomic mass is 9.94. The third kappa shape index (κ3) is 5.01. The van der Waals surface area contributed by atoms with Crippen molar-refractivity contribution in [1.82, 2.24) is 15.1 Å². The first-order valence-corrected chi connectivity index (χ1v) is 11.7. The summed E-state index contributed by atoms with van der Waals surface area (Å²) < 4.78 is 52.5. The van der Waals surface area contributed by atoms with Crippen LogP contribution in [0.5, 0.6) is 5.75 Å². The quantitative estimate of drug-likeness (QED) is 0.557. The van der Waals surface area contributed by atoms with Crippen LogP contribution in [-0.4, -0.2) is 65.2 Å². The number of benzene rings is 1. The second-order valence-corrected chi connectivity index (χ2v) is 10.1. The molecular formula is C25H31F3N4O3. The summed E-state index contributed by atoms with van der Waals surface area (Å²) in [6.45, 7) is 5.39. The lowest BCUT2D eigenvalue weighted by molar-refractivity contribution is -0.0104. The van der Waals surface area contributed by atoms with Gasteiger partial charge in [0, 0.05) is 24.2 Å². The van der Waals surface area contributed by atoms with Gasteiger partial charge in [-0.3, -0.25) is 4.90 Å². The highest BCUT2D eigenvalue weighted by atomic mass is 19.3. The molecule has 1 aromatic heterocycles. The molecule has 0 radical (unpaired) electrons. The minimum Gasteiger partial charge on any atom is -0.496 e. The van der Waals surface area contributed by atoms with E-state index in [1.54, 1.807) is 49.8 Å². The molecule has 2 bridgehead atoms. The molecule has 1 amide bonds. The fourth-order valence-corrected chi connectivity index (χ4v) is 4.97. The molecule has 4 rings (SSSR count). The predicted octanol–water partition coefficient (Wildman–Crippen LogP) is 5.40. The Hall–Kier alpha value is -3.04. The van der Waals surface area contributed by atoms with Crippen LogP contribution >= 0.6 is 0 Å². The average Bonchev–Trinajstić information content (AvgIpc) is 3.16. The van der Waals surface area contributed by atoms with Crippen LogP contribution < -0.4 is 9.64 Å². The van der Waals surface area contributed by atoms with Gasteiger partial charge in [0.05, 0.1) is 24.9 Å². The molecule has 0 aliphatic carbocycles. The lowest BCUT2D eigenvalue weighted by Gasteiger charge is -2.44. The number of anilines is 1. The van der Waals surface area contributed by atoms with Crippen LogP contribution in [0.4, 0.5) is 23.8 Å². The molecule has 2 aromatic rings. The summed E-state index contributed by atoms with van der Waals surface area (Å²) in [5, 5.41) is 8.52. The van der Waals surface area contributed by atoms with E-state index in [4.69, 9.17) is 9.47 Å². The van der Waals surface area contributed by atoms with E-state index >= 15 is 4.39 Å². The molecule has 0 unspecified atom stereocenters. The van der Waals surface area contributed by atoms with Crippen molar-refractivity contribution in [2.75, 3.05) is 19.1 Å². The Morgan fingerprint density at radius 1 is 1.17 bits per heavy atom. The number of halogens is 3. The van der Waals surface area contributed by atoms with E-state index in [1.165, 1.54) is 25.3 Å². The summed E-state index contributed by atoms with van der Waals surface area (Å²) >= 11 is 0. The summed E-state index contributed by atoms with van der Waals surface area (Å²) in [5.74, 6) is 0.753. The van der Waals surface area contributed by atoms with Crippen LogP contribution in [0, 0.1) is 0 Å². The number of carbonyl (C=O) groups excluding carboxylic acids is 1. The van der Waals surface area contributed by atoms with Gasteiger partial charge in [-0.2, -0.15) is 0 Å². The fourth-order valence-electron chi connectivity index (χ4n) is 4.97. The van der Waals surface area contributed by atoms with Gasteiger partial charge in [0.1, 0.15) is 17.5 Å². The molecule has 35 heavy (non-hydrogen) atoms. The first-order valence-electron chi connectivity index (χ1n) is 11.7. The second-order valence-electron chi connectivity index (χ2n) is 10.1. The normalized spacial score (nSPS) is 24.0. The van der Waals surface area contributed by atoms with Crippen molar-refractivity contribution in [3.8, 4) is 17.0 Å². The predicted molar refractivity (Wildman–Crippen MR) is 126 cm³/mol. The zero-order chi connectivity index (χ0) is 25.5. The van der Waals surface area contributed by atoms with Crippen LogP contribution in [0.1, 0.15) is 52.0 Å². The minimum absolute atomic E-state index is 0.0980. The largest absolute Gasteiger partial charge is 0.496 e. The number of methoxy groups -OCH3 is 1. The van der Waals surface area contributed by atoms with E-state index in [-0.39, 0.29) is 17.4 Å². The van der Waals surface area contributed by atoms with Gasteiger partial charge >= 0.3 is 6.09 Å². The number of amides is 1. The number of rotatable bonds is 5. The van der Waals surface area contributed by atoms with Crippen LogP contribution in [0.15, 0.2) is 30.3 Å². The highest BCUT2D eigenvalue weighted by Gasteiger charge is 2.52. The number of hydrogen-bond acceptors (Lipinski definition) is 6. The highest BCUT2D eigenvalue weighted by molar-refractivity contribution is 5.70. The van der Waals surface area contributed by atoms with E-state index in [9.17, 15) is 13.6 Å². The fraction of sp³-hybridized carbons (Fsp3) is 0.560. The number of alkyl halides is 3. The summed E-state index contributed by atoms with van der Waals surface area (Å²) in [5.41, 5.74) is 0.203. The van der Waals surface area contributed by atoms with Gasteiger partial charge in [0.25, 0.3) is 6.43 Å². The van der Waals surface area contributed by atoms with E-state index in [2.05, 4.69) is 10.2 Å². The Morgan fingerprint density at radius 2 is 1.91 bits per heavy atom. The molecular weight excluding hydrogens is 461 g/mol. The molecule has 2 saturated heterocycles. The molecule has 1 aromatic carbocycles. The number of ether oxygens (including phenoxy) is 2. The van der Waals surface area contributed by atoms with Gasteiger partial charge in [-0.15, -0.1) is 10.2 Å². The molecule has 10 heteroatoms. The maximum atomic E-state index is 15.6.